The number of thiol groups is 1. The van der Waals surface area contributed by atoms with Gasteiger partial charge in [0.05, 0.1) is 0 Å². The number of rotatable bonds is 3. The fraction of sp³-hybridized carbons (Fsp3) is 0.667. The summed E-state index contributed by atoms with van der Waals surface area (Å²) in [6.45, 7) is 4.20. The molecule has 0 aromatic carbocycles. The molecule has 0 fully saturated rings. The molecule has 0 unspecified atom stereocenters. The van der Waals surface area contributed by atoms with Gasteiger partial charge < -0.3 is 0 Å². The lowest BCUT2D eigenvalue weighted by molar-refractivity contribution is 1.51. The third-order valence-electron chi connectivity index (χ3n) is 0.808. The first kappa shape index (κ1) is 8.44. The first-order chi connectivity index (χ1) is 3.85. The molecule has 0 bridgehead atoms. The second-order valence-electron chi connectivity index (χ2n) is 1.35. The van der Waals surface area contributed by atoms with Crippen molar-refractivity contribution < 1.29 is 0 Å². The largest absolute Gasteiger partial charge is 0.174 e. The van der Waals surface area contributed by atoms with E-state index in [0.717, 1.165) is 11.5 Å². The molecule has 0 aliphatic carbocycles. The van der Waals surface area contributed by atoms with Crippen molar-refractivity contribution in [2.75, 3.05) is 11.5 Å². The maximum Gasteiger partial charge on any atom is 0.0210 e. The Hall–Kier alpha value is 0.440. The second kappa shape index (κ2) is 5.57. The van der Waals surface area contributed by atoms with Crippen LogP contribution in [0.4, 0.5) is 0 Å². The lowest BCUT2D eigenvalue weighted by Gasteiger charge is -1.96. The molecular weight excluding hydrogens is 136 g/mol. The van der Waals surface area contributed by atoms with Gasteiger partial charge in [-0.15, -0.1) is 11.8 Å². The van der Waals surface area contributed by atoms with Gasteiger partial charge in [-0.2, -0.15) is 12.6 Å². The van der Waals surface area contributed by atoms with Gasteiger partial charge in [-0.3, -0.25) is 0 Å². The van der Waals surface area contributed by atoms with Gasteiger partial charge >= 0.3 is 0 Å². The van der Waals surface area contributed by atoms with E-state index in [1.165, 1.54) is 4.91 Å². The summed E-state index contributed by atoms with van der Waals surface area (Å²) >= 11 is 6.00. The zero-order chi connectivity index (χ0) is 6.41. The maximum atomic E-state index is 4.14. The van der Waals surface area contributed by atoms with Crippen LogP contribution >= 0.6 is 24.4 Å². The molecule has 0 aromatic heterocycles. The Kier molecular flexibility index (Phi) is 5.88. The summed E-state index contributed by atoms with van der Waals surface area (Å²) in [7, 11) is 0. The van der Waals surface area contributed by atoms with Crippen molar-refractivity contribution in [1.29, 1.82) is 0 Å². The first-order valence-electron chi connectivity index (χ1n) is 2.74. The summed E-state index contributed by atoms with van der Waals surface area (Å²) < 4.78 is 0. The van der Waals surface area contributed by atoms with Gasteiger partial charge in [-0.05, 0) is 17.6 Å². The number of hydrogen-bond acceptors (Lipinski definition) is 2. The monoisotopic (exact) mass is 148 g/mol. The Morgan fingerprint density at radius 3 is 2.50 bits per heavy atom. The van der Waals surface area contributed by atoms with Gasteiger partial charge in [0.25, 0.3) is 0 Å². The van der Waals surface area contributed by atoms with Crippen LogP contribution in [-0.2, 0) is 0 Å². The van der Waals surface area contributed by atoms with Crippen molar-refractivity contribution >= 4 is 24.4 Å². The predicted molar refractivity (Wildman–Crippen MR) is 45.7 cm³/mol. The molecule has 0 N–H and O–H groups in total. The van der Waals surface area contributed by atoms with E-state index in [9.17, 15) is 0 Å². The molecule has 0 aromatic rings. The average Bonchev–Trinajstić information content (AvgIpc) is 1.83. The summed E-state index contributed by atoms with van der Waals surface area (Å²) in [5.74, 6) is 2.04. The summed E-state index contributed by atoms with van der Waals surface area (Å²) in [5.41, 5.74) is 0. The number of thioether (sulfide) groups is 1. The molecule has 0 saturated heterocycles. The van der Waals surface area contributed by atoms with Crippen LogP contribution < -0.4 is 0 Å². The molecule has 2 heteroatoms. The van der Waals surface area contributed by atoms with Gasteiger partial charge in [-0.1, -0.05) is 13.0 Å². The van der Waals surface area contributed by atoms with Crippen LogP contribution in [0.3, 0.4) is 0 Å². The summed E-state index contributed by atoms with van der Waals surface area (Å²) in [6.07, 6.45) is 2.11. The van der Waals surface area contributed by atoms with E-state index in [1.807, 2.05) is 18.7 Å². The van der Waals surface area contributed by atoms with E-state index in [4.69, 9.17) is 0 Å². The Labute approximate surface area is 61.2 Å². The third kappa shape index (κ3) is 3.44. The molecule has 0 heterocycles. The molecule has 8 heavy (non-hydrogen) atoms. The second-order valence-corrected chi connectivity index (χ2v) is 3.05. The summed E-state index contributed by atoms with van der Waals surface area (Å²) in [6, 6.07) is 0. The number of allylic oxidation sites excluding steroid dienone is 1. The highest BCUT2D eigenvalue weighted by Gasteiger charge is 1.87. The Bertz CT molecular complexity index is 76.6. The van der Waals surface area contributed by atoms with Crippen LogP contribution in [0, 0.1) is 0 Å². The molecule has 0 spiro atoms. The van der Waals surface area contributed by atoms with Crippen LogP contribution in [0.25, 0.3) is 0 Å². The van der Waals surface area contributed by atoms with E-state index in [1.54, 1.807) is 0 Å². The molecule has 0 radical (unpaired) electrons. The molecule has 0 amide bonds. The van der Waals surface area contributed by atoms with E-state index in [0.29, 0.717) is 0 Å². The van der Waals surface area contributed by atoms with Crippen molar-refractivity contribution in [2.45, 2.75) is 13.8 Å². The lowest BCUT2D eigenvalue weighted by Crippen LogP contribution is -1.76. The average molecular weight is 148 g/mol. The van der Waals surface area contributed by atoms with Gasteiger partial charge in [-0.25, -0.2) is 0 Å². The molecule has 48 valence electrons. The topological polar surface area (TPSA) is 0 Å². The standard InChI is InChI=1S/C6H12S2/c1-3-6(5-7)8-4-2/h3,7H,4-5H2,1-2H3/b6-3-. The van der Waals surface area contributed by atoms with Crippen LogP contribution in [0.5, 0.6) is 0 Å². The highest BCUT2D eigenvalue weighted by Crippen LogP contribution is 2.14. The summed E-state index contributed by atoms with van der Waals surface area (Å²) in [4.78, 5) is 1.37. The van der Waals surface area contributed by atoms with Gasteiger partial charge in [0.1, 0.15) is 0 Å². The van der Waals surface area contributed by atoms with E-state index in [2.05, 4.69) is 25.6 Å². The van der Waals surface area contributed by atoms with E-state index in [-0.39, 0.29) is 0 Å². The van der Waals surface area contributed by atoms with Crippen LogP contribution in [0.2, 0.25) is 0 Å². The molecule has 0 nitrogen and oxygen atoms in total. The molecule has 0 atom stereocenters. The van der Waals surface area contributed by atoms with Crippen LogP contribution in [-0.4, -0.2) is 11.5 Å². The first-order valence-corrected chi connectivity index (χ1v) is 4.35. The molecule has 0 rings (SSSR count). The molecule has 0 saturated carbocycles. The minimum atomic E-state index is 0.884. The number of hydrogen-bond donors (Lipinski definition) is 1. The molecule has 0 aliphatic rings. The highest BCUT2D eigenvalue weighted by molar-refractivity contribution is 8.03. The van der Waals surface area contributed by atoms with Crippen molar-refractivity contribution in [1.82, 2.24) is 0 Å². The van der Waals surface area contributed by atoms with Gasteiger partial charge in [0.15, 0.2) is 0 Å². The Morgan fingerprint density at radius 1 is 1.75 bits per heavy atom. The van der Waals surface area contributed by atoms with E-state index < -0.39 is 0 Å². The zero-order valence-electron chi connectivity index (χ0n) is 5.35. The van der Waals surface area contributed by atoms with Gasteiger partial charge in [0.2, 0.25) is 0 Å². The zero-order valence-corrected chi connectivity index (χ0v) is 7.06. The quantitative estimate of drug-likeness (QED) is 0.600. The highest BCUT2D eigenvalue weighted by atomic mass is 32.2. The minimum absolute atomic E-state index is 0.884. The normalized spacial score (nSPS) is 12.1. The molecular formula is C6H12S2. The fourth-order valence-corrected chi connectivity index (χ4v) is 1.49. The fourth-order valence-electron chi connectivity index (χ4n) is 0.406. The SMILES string of the molecule is C/C=C(/CS)SCC. The van der Waals surface area contributed by atoms with E-state index >= 15 is 0 Å². The van der Waals surface area contributed by atoms with Crippen molar-refractivity contribution in [3.8, 4) is 0 Å². The predicted octanol–water partition coefficient (Wildman–Crippen LogP) is 2.57. The Morgan fingerprint density at radius 2 is 2.38 bits per heavy atom. The van der Waals surface area contributed by atoms with Crippen molar-refractivity contribution in [3.63, 3.8) is 0 Å². The smallest absolute Gasteiger partial charge is 0.0210 e. The third-order valence-corrected chi connectivity index (χ3v) is 2.40. The molecule has 0 aliphatic heterocycles. The Balaban J connectivity index is 3.38. The van der Waals surface area contributed by atoms with Crippen LogP contribution in [0.1, 0.15) is 13.8 Å². The van der Waals surface area contributed by atoms with Crippen molar-refractivity contribution in [3.05, 3.63) is 11.0 Å². The minimum Gasteiger partial charge on any atom is -0.174 e. The van der Waals surface area contributed by atoms with Crippen molar-refractivity contribution in [2.24, 2.45) is 0 Å². The maximum absolute atomic E-state index is 4.14. The summed E-state index contributed by atoms with van der Waals surface area (Å²) in [5, 5.41) is 0. The van der Waals surface area contributed by atoms with Crippen LogP contribution in [0.15, 0.2) is 11.0 Å². The van der Waals surface area contributed by atoms with Gasteiger partial charge in [0, 0.05) is 5.75 Å². The lowest BCUT2D eigenvalue weighted by atomic mass is 10.6.